The smallest absolute Gasteiger partial charge is 0.306 e. The van der Waals surface area contributed by atoms with Crippen molar-refractivity contribution in [2.75, 3.05) is 13.2 Å². The SMILES string of the molecule is CCCCCCCCCCCCC/C=C/C(O)C(COC1OC(CO)C(O)C(O)C1OC(=O)CCCCCCCCCCCCCCCC)NC(=O)C(O)CCCCCCCCCCCCCCC. The van der Waals surface area contributed by atoms with Gasteiger partial charge in [0.05, 0.1) is 25.4 Å². The van der Waals surface area contributed by atoms with Crippen LogP contribution >= 0.6 is 0 Å². The minimum atomic E-state index is -1.60. The summed E-state index contributed by atoms with van der Waals surface area (Å²) >= 11 is 0. The second-order valence-corrected chi connectivity index (χ2v) is 20.7. The van der Waals surface area contributed by atoms with Crippen molar-refractivity contribution < 1.29 is 49.3 Å². The molecule has 0 saturated carbocycles. The number of allylic oxidation sites excluding steroid dienone is 1. The zero-order valence-corrected chi connectivity index (χ0v) is 45.0. The van der Waals surface area contributed by atoms with Crippen LogP contribution in [-0.4, -0.2) is 99.6 Å². The van der Waals surface area contributed by atoms with E-state index in [0.29, 0.717) is 19.3 Å². The van der Waals surface area contributed by atoms with Crippen LogP contribution in [0.2, 0.25) is 0 Å². The number of esters is 1. The number of rotatable bonds is 50. The number of nitrogens with one attached hydrogen (secondary N) is 1. The lowest BCUT2D eigenvalue weighted by Gasteiger charge is -2.41. The van der Waals surface area contributed by atoms with E-state index in [-0.39, 0.29) is 13.0 Å². The Morgan fingerprint density at radius 2 is 0.942 bits per heavy atom. The first-order valence-corrected chi connectivity index (χ1v) is 29.5. The van der Waals surface area contributed by atoms with E-state index in [1.165, 1.54) is 180 Å². The Balaban J connectivity index is 2.72. The number of amides is 1. The fraction of sp³-hybridized carbons (Fsp3) is 0.931. The summed E-state index contributed by atoms with van der Waals surface area (Å²) in [6.07, 6.45) is 41.0. The van der Waals surface area contributed by atoms with Crippen molar-refractivity contribution in [3.05, 3.63) is 12.2 Å². The van der Waals surface area contributed by atoms with Crippen LogP contribution in [-0.2, 0) is 23.8 Å². The van der Waals surface area contributed by atoms with Gasteiger partial charge in [-0.1, -0.05) is 264 Å². The maximum absolute atomic E-state index is 13.4. The normalized spacial score (nSPS) is 19.8. The number of carbonyl (C=O) groups excluding carboxylic acids is 2. The number of unbranched alkanes of at least 4 members (excludes halogenated alkanes) is 36. The fourth-order valence-electron chi connectivity index (χ4n) is 9.48. The number of aliphatic hydroxyl groups is 5. The van der Waals surface area contributed by atoms with Gasteiger partial charge >= 0.3 is 5.97 Å². The molecule has 1 aliphatic heterocycles. The molecule has 1 amide bonds. The van der Waals surface area contributed by atoms with Crippen molar-refractivity contribution >= 4 is 11.9 Å². The van der Waals surface area contributed by atoms with Gasteiger partial charge in [0.2, 0.25) is 5.91 Å². The zero-order valence-electron chi connectivity index (χ0n) is 45.0. The minimum Gasteiger partial charge on any atom is -0.454 e. The first-order chi connectivity index (χ1) is 33.7. The highest BCUT2D eigenvalue weighted by atomic mass is 16.7. The number of ether oxygens (including phenoxy) is 3. The van der Waals surface area contributed by atoms with Gasteiger partial charge in [0.15, 0.2) is 12.4 Å². The molecule has 1 saturated heterocycles. The summed E-state index contributed by atoms with van der Waals surface area (Å²) in [4.78, 5) is 26.4. The molecule has 0 bridgehead atoms. The van der Waals surface area contributed by atoms with E-state index in [1.807, 2.05) is 6.08 Å². The summed E-state index contributed by atoms with van der Waals surface area (Å²) in [6, 6.07) is -1.01. The lowest BCUT2D eigenvalue weighted by molar-refractivity contribution is -0.305. The summed E-state index contributed by atoms with van der Waals surface area (Å²) in [7, 11) is 0. The largest absolute Gasteiger partial charge is 0.454 e. The van der Waals surface area contributed by atoms with E-state index in [4.69, 9.17) is 14.2 Å². The van der Waals surface area contributed by atoms with Gasteiger partial charge in [-0.05, 0) is 25.7 Å². The second kappa shape index (κ2) is 47.4. The molecule has 6 N–H and O–H groups in total. The Kier molecular flexibility index (Phi) is 44.9. The third kappa shape index (κ3) is 36.1. The van der Waals surface area contributed by atoms with Crippen LogP contribution in [0.5, 0.6) is 0 Å². The van der Waals surface area contributed by atoms with Crippen molar-refractivity contribution in [1.82, 2.24) is 5.32 Å². The molecule has 11 heteroatoms. The van der Waals surface area contributed by atoms with Crippen LogP contribution in [0, 0.1) is 0 Å². The molecule has 1 heterocycles. The molecule has 0 aromatic heterocycles. The first kappa shape index (κ1) is 65.4. The minimum absolute atomic E-state index is 0.131. The summed E-state index contributed by atoms with van der Waals surface area (Å²) in [5, 5.41) is 56.8. The molecule has 0 aromatic carbocycles. The fourth-order valence-corrected chi connectivity index (χ4v) is 9.48. The standard InChI is InChI=1S/C58H111NO10/c1-4-7-10-13-16-19-22-25-28-31-34-37-40-43-46-53(63)69-56-55(65)54(64)52(47-60)68-58(56)67-48-49(50(61)44-41-38-35-32-29-26-23-20-17-14-11-8-5-2)59-57(66)51(62)45-42-39-36-33-30-27-24-21-18-15-12-9-6-3/h41,44,49-52,54-56,58,60-62,64-65H,4-40,42-43,45-48H2,1-3H3,(H,59,66)/b44-41+. The van der Waals surface area contributed by atoms with Gasteiger partial charge in [0.25, 0.3) is 0 Å². The predicted octanol–water partition coefficient (Wildman–Crippen LogP) is 13.2. The predicted molar refractivity (Wildman–Crippen MR) is 283 cm³/mol. The third-order valence-corrected chi connectivity index (χ3v) is 14.2. The van der Waals surface area contributed by atoms with Crippen molar-refractivity contribution in [3.8, 4) is 0 Å². The van der Waals surface area contributed by atoms with E-state index in [1.54, 1.807) is 6.08 Å². The quantitative estimate of drug-likeness (QED) is 0.0195. The first-order valence-electron chi connectivity index (χ1n) is 29.5. The van der Waals surface area contributed by atoms with Gasteiger partial charge in [-0.15, -0.1) is 0 Å². The van der Waals surface area contributed by atoms with E-state index in [2.05, 4.69) is 26.1 Å². The van der Waals surface area contributed by atoms with Crippen LogP contribution < -0.4 is 5.32 Å². The average molecular weight is 983 g/mol. The van der Waals surface area contributed by atoms with E-state index >= 15 is 0 Å². The van der Waals surface area contributed by atoms with Crippen LogP contribution in [0.15, 0.2) is 12.2 Å². The van der Waals surface area contributed by atoms with Crippen molar-refractivity contribution in [2.24, 2.45) is 0 Å². The number of aliphatic hydroxyl groups excluding tert-OH is 5. The molecule has 8 unspecified atom stereocenters. The van der Waals surface area contributed by atoms with E-state index in [9.17, 15) is 35.1 Å². The highest BCUT2D eigenvalue weighted by molar-refractivity contribution is 5.80. The number of carbonyl (C=O) groups is 2. The van der Waals surface area contributed by atoms with E-state index < -0.39 is 67.4 Å². The summed E-state index contributed by atoms with van der Waals surface area (Å²) in [5.41, 5.74) is 0. The maximum Gasteiger partial charge on any atom is 0.306 e. The molecule has 0 spiro atoms. The lowest BCUT2D eigenvalue weighted by Crippen LogP contribution is -2.61. The molecule has 69 heavy (non-hydrogen) atoms. The topological polar surface area (TPSA) is 175 Å². The van der Waals surface area contributed by atoms with Crippen molar-refractivity contribution in [1.29, 1.82) is 0 Å². The molecule has 408 valence electrons. The molecule has 8 atom stereocenters. The molecular weight excluding hydrogens is 871 g/mol. The van der Waals surface area contributed by atoms with Crippen LogP contribution in [0.4, 0.5) is 0 Å². The monoisotopic (exact) mass is 982 g/mol. The van der Waals surface area contributed by atoms with Gasteiger partial charge < -0.3 is 45.1 Å². The van der Waals surface area contributed by atoms with Crippen molar-refractivity contribution in [3.63, 3.8) is 0 Å². The summed E-state index contributed by atoms with van der Waals surface area (Å²) in [6.45, 7) is 5.80. The van der Waals surface area contributed by atoms with Gasteiger partial charge in [0.1, 0.15) is 24.4 Å². The molecule has 0 aliphatic carbocycles. The average Bonchev–Trinajstić information content (AvgIpc) is 3.34. The molecule has 0 aromatic rings. The van der Waals surface area contributed by atoms with Gasteiger partial charge in [-0.3, -0.25) is 9.59 Å². The highest BCUT2D eigenvalue weighted by Crippen LogP contribution is 2.26. The number of hydrogen-bond acceptors (Lipinski definition) is 10. The molecule has 11 nitrogen and oxygen atoms in total. The Morgan fingerprint density at radius 3 is 1.36 bits per heavy atom. The van der Waals surface area contributed by atoms with Gasteiger partial charge in [0, 0.05) is 6.42 Å². The van der Waals surface area contributed by atoms with Gasteiger partial charge in [-0.2, -0.15) is 0 Å². The summed E-state index contributed by atoms with van der Waals surface area (Å²) in [5.74, 6) is -1.18. The summed E-state index contributed by atoms with van der Waals surface area (Å²) < 4.78 is 17.6. The molecule has 1 fully saturated rings. The molecular formula is C58H111NO10. The highest BCUT2D eigenvalue weighted by Gasteiger charge is 2.47. The maximum atomic E-state index is 13.4. The zero-order chi connectivity index (χ0) is 50.4. The molecule has 0 radical (unpaired) electrons. The van der Waals surface area contributed by atoms with Crippen LogP contribution in [0.25, 0.3) is 0 Å². The van der Waals surface area contributed by atoms with Crippen LogP contribution in [0.3, 0.4) is 0 Å². The van der Waals surface area contributed by atoms with E-state index in [0.717, 1.165) is 57.8 Å². The Morgan fingerprint density at radius 1 is 0.551 bits per heavy atom. The lowest BCUT2D eigenvalue weighted by atomic mass is 9.99. The van der Waals surface area contributed by atoms with Gasteiger partial charge in [-0.25, -0.2) is 0 Å². The molecule has 1 rings (SSSR count). The third-order valence-electron chi connectivity index (χ3n) is 14.2. The Bertz CT molecular complexity index is 1170. The Hall–Kier alpha value is -1.60. The second-order valence-electron chi connectivity index (χ2n) is 20.7. The molecule has 1 aliphatic rings. The van der Waals surface area contributed by atoms with Crippen molar-refractivity contribution in [2.45, 2.75) is 333 Å². The Labute approximate surface area is 423 Å². The number of hydrogen-bond donors (Lipinski definition) is 6. The van der Waals surface area contributed by atoms with Crippen LogP contribution in [0.1, 0.15) is 284 Å².